The Morgan fingerprint density at radius 1 is 1.11 bits per heavy atom. The molecule has 3 unspecified atom stereocenters. The molecule has 2 aliphatic rings. The second-order valence-corrected chi connectivity index (χ2v) is 9.11. The number of halogens is 1. The van der Waals surface area contributed by atoms with E-state index in [2.05, 4.69) is 10.6 Å². The van der Waals surface area contributed by atoms with Gasteiger partial charge in [-0.2, -0.15) is 0 Å². The summed E-state index contributed by atoms with van der Waals surface area (Å²) in [6, 6.07) is 10.7. The van der Waals surface area contributed by atoms with Crippen molar-refractivity contribution in [1.29, 1.82) is 0 Å². The van der Waals surface area contributed by atoms with Crippen LogP contribution in [0.3, 0.4) is 0 Å². The molecule has 0 radical (unpaired) electrons. The Morgan fingerprint density at radius 3 is 2.49 bits per heavy atom. The van der Waals surface area contributed by atoms with Crippen molar-refractivity contribution >= 4 is 29.5 Å². The van der Waals surface area contributed by atoms with Crippen LogP contribution in [-0.2, 0) is 19.1 Å². The Hall–Kier alpha value is -3.99. The molecule has 0 saturated carbocycles. The van der Waals surface area contributed by atoms with E-state index in [1.807, 2.05) is 13.0 Å². The molecule has 4 rings (SSSR count). The number of anilines is 1. The molecule has 0 spiro atoms. The number of benzene rings is 2. The van der Waals surface area contributed by atoms with Crippen LogP contribution in [0.4, 0.5) is 14.9 Å². The minimum Gasteiger partial charge on any atom is -0.481 e. The van der Waals surface area contributed by atoms with Crippen LogP contribution in [0.5, 0.6) is 0 Å². The van der Waals surface area contributed by atoms with Gasteiger partial charge in [-0.05, 0) is 55.2 Å². The molecule has 2 aliphatic heterocycles. The van der Waals surface area contributed by atoms with E-state index in [1.54, 1.807) is 18.2 Å². The number of aryl methyl sites for hydroxylation is 1. The van der Waals surface area contributed by atoms with Crippen molar-refractivity contribution in [2.45, 2.75) is 44.5 Å². The molecule has 196 valence electrons. The van der Waals surface area contributed by atoms with Gasteiger partial charge in [0.1, 0.15) is 11.9 Å². The number of hydrogen-bond acceptors (Lipinski definition) is 5. The molecule has 3 atom stereocenters. The monoisotopic (exact) mass is 512 g/mol. The molecule has 2 aromatic carbocycles. The zero-order chi connectivity index (χ0) is 26.5. The van der Waals surface area contributed by atoms with E-state index in [1.165, 1.54) is 34.1 Å². The maximum absolute atomic E-state index is 13.6. The number of carbonyl (C=O) groups excluding carboxylic acids is 3. The number of amides is 4. The first-order valence-electron chi connectivity index (χ1n) is 12.1. The fraction of sp³-hybridized carbons (Fsp3) is 0.385. The Labute approximate surface area is 213 Å². The Bertz CT molecular complexity index is 1170. The maximum atomic E-state index is 13.6. The predicted octanol–water partition coefficient (Wildman–Crippen LogP) is 2.65. The molecule has 2 heterocycles. The zero-order valence-electron chi connectivity index (χ0n) is 20.4. The lowest BCUT2D eigenvalue weighted by Crippen LogP contribution is -2.56. The van der Waals surface area contributed by atoms with Crippen molar-refractivity contribution in [2.75, 3.05) is 25.0 Å². The van der Waals surface area contributed by atoms with Gasteiger partial charge in [-0.25, -0.2) is 9.18 Å². The number of rotatable bonds is 7. The van der Waals surface area contributed by atoms with Gasteiger partial charge in [0, 0.05) is 25.4 Å². The van der Waals surface area contributed by atoms with Crippen molar-refractivity contribution in [3.8, 4) is 0 Å². The molecule has 11 heteroatoms. The average molecular weight is 513 g/mol. The standard InChI is InChI=1S/C26H29FN4O6/c1-16-4-2-5-19(14-16)28-26(36)31-12-11-30(25(35)21-6-3-13-37-21)24(31)23(34)29-20(15-22(32)33)17-7-9-18(27)10-8-17/h2,4-5,7-10,14,20-21,24H,3,6,11-13,15H2,1H3,(H,28,36)(H,29,34)(H,32,33). The van der Waals surface area contributed by atoms with Crippen molar-refractivity contribution in [3.63, 3.8) is 0 Å². The van der Waals surface area contributed by atoms with Crippen molar-refractivity contribution in [1.82, 2.24) is 15.1 Å². The highest BCUT2D eigenvalue weighted by molar-refractivity contribution is 5.97. The summed E-state index contributed by atoms with van der Waals surface area (Å²) in [5.41, 5.74) is 1.84. The fourth-order valence-electron chi connectivity index (χ4n) is 4.60. The fourth-order valence-corrected chi connectivity index (χ4v) is 4.60. The van der Waals surface area contributed by atoms with E-state index < -0.39 is 54.4 Å². The van der Waals surface area contributed by atoms with Gasteiger partial charge in [-0.3, -0.25) is 19.3 Å². The highest BCUT2D eigenvalue weighted by Crippen LogP contribution is 2.25. The van der Waals surface area contributed by atoms with Gasteiger partial charge in [0.15, 0.2) is 6.17 Å². The molecule has 2 fully saturated rings. The van der Waals surface area contributed by atoms with E-state index >= 15 is 0 Å². The summed E-state index contributed by atoms with van der Waals surface area (Å²) in [7, 11) is 0. The number of urea groups is 1. The van der Waals surface area contributed by atoms with Crippen LogP contribution in [0.2, 0.25) is 0 Å². The quantitative estimate of drug-likeness (QED) is 0.523. The summed E-state index contributed by atoms with van der Waals surface area (Å²) < 4.78 is 19.0. The molecule has 37 heavy (non-hydrogen) atoms. The molecular formula is C26H29FN4O6. The average Bonchev–Trinajstić information content (AvgIpc) is 3.54. The first kappa shape index (κ1) is 26.1. The number of carbonyl (C=O) groups is 4. The zero-order valence-corrected chi connectivity index (χ0v) is 20.4. The van der Waals surface area contributed by atoms with Crippen LogP contribution in [0.1, 0.15) is 36.4 Å². The summed E-state index contributed by atoms with van der Waals surface area (Å²) >= 11 is 0. The van der Waals surface area contributed by atoms with Crippen LogP contribution in [0, 0.1) is 12.7 Å². The van der Waals surface area contributed by atoms with Gasteiger partial charge in [0.05, 0.1) is 12.5 Å². The van der Waals surface area contributed by atoms with Gasteiger partial charge in [-0.15, -0.1) is 0 Å². The van der Waals surface area contributed by atoms with Crippen LogP contribution in [0.15, 0.2) is 48.5 Å². The molecule has 0 bridgehead atoms. The van der Waals surface area contributed by atoms with E-state index in [4.69, 9.17) is 4.74 Å². The second-order valence-electron chi connectivity index (χ2n) is 9.11. The third-order valence-electron chi connectivity index (χ3n) is 6.39. The topological polar surface area (TPSA) is 128 Å². The van der Waals surface area contributed by atoms with Crippen LogP contribution >= 0.6 is 0 Å². The smallest absolute Gasteiger partial charge is 0.323 e. The molecule has 2 aromatic rings. The first-order chi connectivity index (χ1) is 17.7. The number of carboxylic acid groups (broad SMARTS) is 1. The van der Waals surface area contributed by atoms with E-state index in [9.17, 15) is 28.7 Å². The Kier molecular flexibility index (Phi) is 8.02. The van der Waals surface area contributed by atoms with Crippen molar-refractivity contribution < 1.29 is 33.4 Å². The lowest BCUT2D eigenvalue weighted by molar-refractivity contribution is -0.148. The number of carboxylic acids is 1. The molecular weight excluding hydrogens is 483 g/mol. The molecule has 0 aliphatic carbocycles. The largest absolute Gasteiger partial charge is 0.481 e. The molecule has 3 N–H and O–H groups in total. The maximum Gasteiger partial charge on any atom is 0.323 e. The number of ether oxygens (including phenoxy) is 1. The minimum absolute atomic E-state index is 0.0916. The second kappa shape index (κ2) is 11.4. The summed E-state index contributed by atoms with van der Waals surface area (Å²) in [6.45, 7) is 2.51. The summed E-state index contributed by atoms with van der Waals surface area (Å²) in [4.78, 5) is 54.1. The summed E-state index contributed by atoms with van der Waals surface area (Å²) in [6.07, 6.45) is -1.28. The summed E-state index contributed by atoms with van der Waals surface area (Å²) in [5.74, 6) is -2.81. The lowest BCUT2D eigenvalue weighted by Gasteiger charge is -2.31. The van der Waals surface area contributed by atoms with E-state index in [0.29, 0.717) is 30.7 Å². The van der Waals surface area contributed by atoms with Gasteiger partial charge in [-0.1, -0.05) is 24.3 Å². The van der Waals surface area contributed by atoms with Gasteiger partial charge in [0.25, 0.3) is 11.8 Å². The summed E-state index contributed by atoms with van der Waals surface area (Å²) in [5, 5.41) is 14.8. The molecule has 10 nitrogen and oxygen atoms in total. The Balaban J connectivity index is 1.59. The van der Waals surface area contributed by atoms with Crippen molar-refractivity contribution in [2.24, 2.45) is 0 Å². The first-order valence-corrected chi connectivity index (χ1v) is 12.1. The van der Waals surface area contributed by atoms with Gasteiger partial charge >= 0.3 is 12.0 Å². The SMILES string of the molecule is Cc1cccc(NC(=O)N2CCN(C(=O)C3CCCO3)C2C(=O)NC(CC(=O)O)c2ccc(F)cc2)c1. The predicted molar refractivity (Wildman–Crippen MR) is 131 cm³/mol. The van der Waals surface area contributed by atoms with E-state index in [-0.39, 0.29) is 13.1 Å². The molecule has 0 aromatic heterocycles. The highest BCUT2D eigenvalue weighted by atomic mass is 19.1. The lowest BCUT2D eigenvalue weighted by atomic mass is 10.0. The number of nitrogens with one attached hydrogen (secondary N) is 2. The third-order valence-corrected chi connectivity index (χ3v) is 6.39. The van der Waals surface area contributed by atoms with Gasteiger partial charge in [0.2, 0.25) is 0 Å². The molecule has 2 saturated heterocycles. The Morgan fingerprint density at radius 2 is 1.84 bits per heavy atom. The van der Waals surface area contributed by atoms with Gasteiger partial charge < -0.3 is 25.4 Å². The van der Waals surface area contributed by atoms with Crippen molar-refractivity contribution in [3.05, 3.63) is 65.5 Å². The van der Waals surface area contributed by atoms with Crippen LogP contribution < -0.4 is 10.6 Å². The number of hydrogen-bond donors (Lipinski definition) is 3. The van der Waals surface area contributed by atoms with E-state index in [0.717, 1.165) is 5.56 Å². The normalized spacial score (nSPS) is 19.9. The van der Waals surface area contributed by atoms with Crippen LogP contribution in [-0.4, -0.2) is 70.7 Å². The number of nitrogens with zero attached hydrogens (tertiary/aromatic N) is 2. The van der Waals surface area contributed by atoms with Crippen LogP contribution in [0.25, 0.3) is 0 Å². The highest BCUT2D eigenvalue weighted by Gasteiger charge is 2.45. The molecule has 4 amide bonds. The minimum atomic E-state index is -1.32. The number of aliphatic carboxylic acids is 1. The third kappa shape index (κ3) is 6.23.